The second-order valence-corrected chi connectivity index (χ2v) is 6.64. The van der Waals surface area contributed by atoms with E-state index >= 15 is 0 Å². The van der Waals surface area contributed by atoms with E-state index < -0.39 is 5.97 Å². The first-order chi connectivity index (χ1) is 13.0. The topological polar surface area (TPSA) is 66.9 Å². The predicted molar refractivity (Wildman–Crippen MR) is 103 cm³/mol. The molecule has 0 bridgehead atoms. The smallest absolute Gasteiger partial charge is 0.338 e. The predicted octanol–water partition coefficient (Wildman–Crippen LogP) is 2.92. The Balaban J connectivity index is 1.57. The van der Waals surface area contributed by atoms with Crippen LogP contribution in [0, 0.1) is 0 Å². The van der Waals surface area contributed by atoms with E-state index in [1.807, 2.05) is 31.1 Å². The Morgan fingerprint density at radius 3 is 2.19 bits per heavy atom. The van der Waals surface area contributed by atoms with Gasteiger partial charge < -0.3 is 14.5 Å². The molecule has 0 saturated carbocycles. The Bertz CT molecular complexity index is 841. The molecule has 0 atom stereocenters. The number of rotatable bonds is 6. The maximum atomic E-state index is 12.3. The van der Waals surface area contributed by atoms with E-state index in [1.54, 1.807) is 41.3 Å². The van der Waals surface area contributed by atoms with Gasteiger partial charge in [-0.3, -0.25) is 9.59 Å². The molecule has 1 aliphatic heterocycles. The molecule has 3 rings (SSSR count). The van der Waals surface area contributed by atoms with Crippen molar-refractivity contribution in [1.29, 1.82) is 0 Å². The van der Waals surface area contributed by atoms with Gasteiger partial charge in [-0.15, -0.1) is 0 Å². The highest BCUT2D eigenvalue weighted by Crippen LogP contribution is 2.21. The lowest BCUT2D eigenvalue weighted by Gasteiger charge is -2.15. The number of hydrogen-bond acceptors (Lipinski definition) is 5. The number of amides is 1. The zero-order valence-electron chi connectivity index (χ0n) is 15.5. The van der Waals surface area contributed by atoms with Crippen molar-refractivity contribution in [2.45, 2.75) is 12.8 Å². The quantitative estimate of drug-likeness (QED) is 0.581. The summed E-state index contributed by atoms with van der Waals surface area (Å²) in [7, 11) is 3.83. The molecular weight excluding hydrogens is 344 g/mol. The molecule has 1 amide bonds. The number of ether oxygens (including phenoxy) is 1. The number of esters is 1. The fourth-order valence-electron chi connectivity index (χ4n) is 2.94. The summed E-state index contributed by atoms with van der Waals surface area (Å²) in [4.78, 5) is 39.8. The van der Waals surface area contributed by atoms with Crippen molar-refractivity contribution in [3.05, 3.63) is 59.7 Å². The summed E-state index contributed by atoms with van der Waals surface area (Å²) in [5.74, 6) is -0.719. The summed E-state index contributed by atoms with van der Waals surface area (Å²) >= 11 is 0. The van der Waals surface area contributed by atoms with Crippen LogP contribution in [0.5, 0.6) is 0 Å². The highest BCUT2D eigenvalue weighted by atomic mass is 16.5. The highest BCUT2D eigenvalue weighted by Gasteiger charge is 2.21. The molecule has 140 valence electrons. The second-order valence-electron chi connectivity index (χ2n) is 6.64. The van der Waals surface area contributed by atoms with E-state index in [9.17, 15) is 14.4 Å². The van der Waals surface area contributed by atoms with E-state index in [0.29, 0.717) is 24.1 Å². The molecule has 1 fully saturated rings. The first kappa shape index (κ1) is 18.6. The van der Waals surface area contributed by atoms with E-state index in [2.05, 4.69) is 0 Å². The molecule has 0 N–H and O–H groups in total. The van der Waals surface area contributed by atoms with Crippen molar-refractivity contribution in [2.75, 3.05) is 37.0 Å². The maximum absolute atomic E-state index is 12.3. The number of Topliss-reactive ketones (excluding diaryl/α,β-unsaturated/α-hetero) is 1. The van der Waals surface area contributed by atoms with Crippen molar-refractivity contribution in [3.63, 3.8) is 0 Å². The molecule has 0 aromatic heterocycles. The first-order valence-electron chi connectivity index (χ1n) is 8.84. The number of ketones is 1. The number of benzene rings is 2. The van der Waals surface area contributed by atoms with E-state index in [1.165, 1.54) is 0 Å². The molecule has 0 radical (unpaired) electrons. The summed E-state index contributed by atoms with van der Waals surface area (Å²) < 4.78 is 5.13. The zero-order chi connectivity index (χ0) is 19.4. The van der Waals surface area contributed by atoms with Gasteiger partial charge in [-0.2, -0.15) is 0 Å². The van der Waals surface area contributed by atoms with E-state index in [-0.39, 0.29) is 18.3 Å². The Hall–Kier alpha value is -3.15. The third-order valence-electron chi connectivity index (χ3n) is 4.53. The van der Waals surface area contributed by atoms with Crippen LogP contribution in [0.3, 0.4) is 0 Å². The SMILES string of the molecule is CN(C)c1ccc(C(=O)OCC(=O)c2ccc(N3CCCC3=O)cc2)cc1. The number of anilines is 2. The van der Waals surface area contributed by atoms with E-state index in [0.717, 1.165) is 17.8 Å². The second kappa shape index (κ2) is 8.03. The van der Waals surface area contributed by atoms with Gasteiger partial charge >= 0.3 is 5.97 Å². The van der Waals surface area contributed by atoms with Crippen LogP contribution in [0.4, 0.5) is 11.4 Å². The van der Waals surface area contributed by atoms with Gasteiger partial charge in [0.1, 0.15) is 0 Å². The highest BCUT2D eigenvalue weighted by molar-refractivity contribution is 6.00. The van der Waals surface area contributed by atoms with Gasteiger partial charge in [-0.25, -0.2) is 4.79 Å². The summed E-state index contributed by atoms with van der Waals surface area (Å²) in [6.45, 7) is 0.382. The van der Waals surface area contributed by atoms with Gasteiger partial charge in [-0.1, -0.05) is 0 Å². The maximum Gasteiger partial charge on any atom is 0.338 e. The fourth-order valence-corrected chi connectivity index (χ4v) is 2.94. The first-order valence-corrected chi connectivity index (χ1v) is 8.84. The van der Waals surface area contributed by atoms with Gasteiger partial charge in [0.25, 0.3) is 0 Å². The van der Waals surface area contributed by atoms with Crippen LogP contribution in [-0.4, -0.2) is 44.9 Å². The summed E-state index contributed by atoms with van der Waals surface area (Å²) in [5.41, 5.74) is 2.60. The van der Waals surface area contributed by atoms with Gasteiger partial charge in [-0.05, 0) is 55.0 Å². The van der Waals surface area contributed by atoms with Crippen molar-refractivity contribution in [3.8, 4) is 0 Å². The fraction of sp³-hybridized carbons (Fsp3) is 0.286. The monoisotopic (exact) mass is 366 g/mol. The van der Waals surface area contributed by atoms with Crippen LogP contribution in [0.1, 0.15) is 33.6 Å². The van der Waals surface area contributed by atoms with Crippen molar-refractivity contribution in [2.24, 2.45) is 0 Å². The van der Waals surface area contributed by atoms with Crippen molar-refractivity contribution in [1.82, 2.24) is 0 Å². The van der Waals surface area contributed by atoms with Gasteiger partial charge in [0.2, 0.25) is 5.91 Å². The Morgan fingerprint density at radius 2 is 1.63 bits per heavy atom. The lowest BCUT2D eigenvalue weighted by Crippen LogP contribution is -2.23. The summed E-state index contributed by atoms with van der Waals surface area (Å²) in [6, 6.07) is 13.8. The van der Waals surface area contributed by atoms with Crippen LogP contribution in [0.2, 0.25) is 0 Å². The van der Waals surface area contributed by atoms with Crippen LogP contribution in [0.15, 0.2) is 48.5 Å². The minimum Gasteiger partial charge on any atom is -0.454 e. The molecular formula is C21H22N2O4. The van der Waals surface area contributed by atoms with Gasteiger partial charge in [0, 0.05) is 44.0 Å². The average Bonchev–Trinajstić information content (AvgIpc) is 3.12. The Labute approximate surface area is 158 Å². The molecule has 2 aromatic rings. The summed E-state index contributed by atoms with van der Waals surface area (Å²) in [6.07, 6.45) is 1.41. The van der Waals surface area contributed by atoms with E-state index in [4.69, 9.17) is 4.74 Å². The molecule has 1 heterocycles. The minimum atomic E-state index is -0.534. The number of carbonyl (C=O) groups excluding carboxylic acids is 3. The minimum absolute atomic E-state index is 0.100. The molecule has 1 saturated heterocycles. The zero-order valence-corrected chi connectivity index (χ0v) is 15.5. The van der Waals surface area contributed by atoms with Crippen molar-refractivity contribution < 1.29 is 19.1 Å². The molecule has 2 aromatic carbocycles. The Morgan fingerprint density at radius 1 is 1.00 bits per heavy atom. The number of hydrogen-bond donors (Lipinski definition) is 0. The van der Waals surface area contributed by atoms with Gasteiger partial charge in [0.15, 0.2) is 12.4 Å². The average molecular weight is 366 g/mol. The van der Waals surface area contributed by atoms with Crippen LogP contribution in [-0.2, 0) is 9.53 Å². The molecule has 6 nitrogen and oxygen atoms in total. The summed E-state index contributed by atoms with van der Waals surface area (Å²) in [5, 5.41) is 0. The molecule has 1 aliphatic rings. The lowest BCUT2D eigenvalue weighted by molar-refractivity contribution is -0.117. The molecule has 0 aliphatic carbocycles. The molecule has 0 spiro atoms. The third-order valence-corrected chi connectivity index (χ3v) is 4.53. The number of carbonyl (C=O) groups is 3. The molecule has 6 heteroatoms. The normalized spacial score (nSPS) is 13.6. The standard InChI is InChI=1S/C21H22N2O4/c1-22(2)17-9-7-16(8-10-17)21(26)27-14-19(24)15-5-11-18(12-6-15)23-13-3-4-20(23)25/h5-12H,3-4,13-14H2,1-2H3. The third kappa shape index (κ3) is 4.34. The van der Waals surface area contributed by atoms with Crippen LogP contribution >= 0.6 is 0 Å². The Kier molecular flexibility index (Phi) is 5.54. The largest absolute Gasteiger partial charge is 0.454 e. The van der Waals surface area contributed by atoms with Crippen LogP contribution in [0.25, 0.3) is 0 Å². The molecule has 0 unspecified atom stereocenters. The number of nitrogens with zero attached hydrogens (tertiary/aromatic N) is 2. The van der Waals surface area contributed by atoms with Crippen molar-refractivity contribution >= 4 is 29.0 Å². The lowest BCUT2D eigenvalue weighted by atomic mass is 10.1. The molecule has 27 heavy (non-hydrogen) atoms. The van der Waals surface area contributed by atoms with Crippen LogP contribution < -0.4 is 9.80 Å². The van der Waals surface area contributed by atoms with Gasteiger partial charge in [0.05, 0.1) is 5.56 Å².